The molecule has 0 aromatic rings. The summed E-state index contributed by atoms with van der Waals surface area (Å²) in [5.41, 5.74) is 5.08. The lowest BCUT2D eigenvalue weighted by Crippen LogP contribution is -2.30. The number of hydrogen-bond acceptors (Lipinski definition) is 4. The summed E-state index contributed by atoms with van der Waals surface area (Å²) >= 11 is 0. The molecule has 0 spiro atoms. The van der Waals surface area contributed by atoms with Crippen LogP contribution in [0.3, 0.4) is 0 Å². The van der Waals surface area contributed by atoms with Gasteiger partial charge in [-0.25, -0.2) is 0 Å². The van der Waals surface area contributed by atoms with E-state index in [0.29, 0.717) is 0 Å². The largest absolute Gasteiger partial charge is 0.444 e. The highest BCUT2D eigenvalue weighted by molar-refractivity contribution is 5.72. The summed E-state index contributed by atoms with van der Waals surface area (Å²) in [5, 5.41) is 8.70. The number of rotatable bonds is 0. The van der Waals surface area contributed by atoms with Crippen molar-refractivity contribution in [2.45, 2.75) is 18.8 Å². The molecule has 1 aliphatic rings. The van der Waals surface area contributed by atoms with Gasteiger partial charge in [-0.2, -0.15) is 0 Å². The van der Waals surface area contributed by atoms with Crippen LogP contribution in [0.25, 0.3) is 0 Å². The van der Waals surface area contributed by atoms with Gasteiger partial charge in [-0.1, -0.05) is 0 Å². The summed E-state index contributed by atoms with van der Waals surface area (Å²) in [6.45, 7) is 0. The molecule has 0 amide bonds. The minimum Gasteiger partial charge on any atom is -0.444 e. The van der Waals surface area contributed by atoms with Crippen molar-refractivity contribution in [1.29, 1.82) is 0 Å². The molecule has 4 nitrogen and oxygen atoms in total. The number of aliphatic hydroxyl groups is 1. The Balaban J connectivity index is 2.51. The Morgan fingerprint density at radius 1 is 1.88 bits per heavy atom. The Kier molecular flexibility index (Phi) is 1.19. The third-order valence-corrected chi connectivity index (χ3v) is 1.02. The van der Waals surface area contributed by atoms with E-state index in [1.54, 1.807) is 0 Å². The summed E-state index contributed by atoms with van der Waals surface area (Å²) in [6, 6.07) is 0. The zero-order chi connectivity index (χ0) is 6.15. The maximum atomic E-state index is 10.2. The van der Waals surface area contributed by atoms with Crippen molar-refractivity contribution in [3.05, 3.63) is 0 Å². The first-order valence-electron chi connectivity index (χ1n) is 2.33. The topological polar surface area (TPSA) is 72.5 Å². The maximum Gasteiger partial charge on any atom is 0.310 e. The molecule has 4 heteroatoms. The zero-order valence-electron chi connectivity index (χ0n) is 4.20. The minimum absolute atomic E-state index is 0.0289. The van der Waals surface area contributed by atoms with Crippen molar-refractivity contribution in [2.24, 2.45) is 5.73 Å². The Bertz CT molecular complexity index is 102. The van der Waals surface area contributed by atoms with Crippen molar-refractivity contribution in [3.8, 4) is 0 Å². The van der Waals surface area contributed by atoms with Gasteiger partial charge in [0, 0.05) is 0 Å². The molecule has 1 fully saturated rings. The van der Waals surface area contributed by atoms with Crippen LogP contribution in [0, 0.1) is 0 Å². The van der Waals surface area contributed by atoms with E-state index in [0.717, 1.165) is 0 Å². The molecule has 1 unspecified atom stereocenters. The van der Waals surface area contributed by atoms with E-state index in [-0.39, 0.29) is 6.42 Å². The fourth-order valence-corrected chi connectivity index (χ4v) is 0.565. The lowest BCUT2D eigenvalue weighted by atomic mass is 10.3. The second-order valence-electron chi connectivity index (χ2n) is 1.73. The monoisotopic (exact) mass is 117 g/mol. The van der Waals surface area contributed by atoms with Crippen LogP contribution >= 0.6 is 0 Å². The molecular formula is C4H7NO3. The first-order valence-corrected chi connectivity index (χ1v) is 2.33. The fraction of sp³-hybridized carbons (Fsp3) is 0.750. The molecule has 0 aliphatic carbocycles. The van der Waals surface area contributed by atoms with Crippen molar-refractivity contribution in [2.75, 3.05) is 0 Å². The quantitative estimate of drug-likeness (QED) is 0.382. The summed E-state index contributed by atoms with van der Waals surface area (Å²) in [5.74, 6) is -0.426. The van der Waals surface area contributed by atoms with Gasteiger partial charge in [0.15, 0.2) is 6.23 Å². The van der Waals surface area contributed by atoms with E-state index in [1.165, 1.54) is 0 Å². The number of esters is 1. The molecule has 1 saturated heterocycles. The smallest absolute Gasteiger partial charge is 0.310 e. The van der Waals surface area contributed by atoms with Crippen LogP contribution < -0.4 is 5.73 Å². The van der Waals surface area contributed by atoms with Crippen LogP contribution in [0.2, 0.25) is 0 Å². The van der Waals surface area contributed by atoms with Gasteiger partial charge in [0.1, 0.15) is 6.10 Å². The number of nitrogens with two attached hydrogens (primary N) is 1. The van der Waals surface area contributed by atoms with Crippen molar-refractivity contribution in [3.63, 3.8) is 0 Å². The van der Waals surface area contributed by atoms with Gasteiger partial charge in [-0.15, -0.1) is 0 Å². The molecule has 0 bridgehead atoms. The lowest BCUT2D eigenvalue weighted by Gasteiger charge is -2.02. The second kappa shape index (κ2) is 1.72. The molecule has 1 aliphatic heterocycles. The van der Waals surface area contributed by atoms with Gasteiger partial charge >= 0.3 is 5.97 Å². The van der Waals surface area contributed by atoms with Crippen molar-refractivity contribution < 1.29 is 14.6 Å². The van der Waals surface area contributed by atoms with E-state index in [1.807, 2.05) is 0 Å². The molecule has 0 aromatic carbocycles. The highest BCUT2D eigenvalue weighted by Gasteiger charge is 2.29. The summed E-state index contributed by atoms with van der Waals surface area (Å²) in [4.78, 5) is 10.2. The van der Waals surface area contributed by atoms with Gasteiger partial charge in [0.25, 0.3) is 0 Å². The fourth-order valence-electron chi connectivity index (χ4n) is 0.565. The highest BCUT2D eigenvalue weighted by Crippen LogP contribution is 2.08. The molecule has 1 rings (SSSR count). The number of ether oxygens (including phenoxy) is 1. The third kappa shape index (κ3) is 0.801. The number of hydrogen-bond donors (Lipinski definition) is 2. The van der Waals surface area contributed by atoms with Crippen LogP contribution in [0.15, 0.2) is 0 Å². The van der Waals surface area contributed by atoms with E-state index < -0.39 is 18.3 Å². The summed E-state index contributed by atoms with van der Waals surface area (Å²) < 4.78 is 4.36. The number of aliphatic hydroxyl groups excluding tert-OH is 1. The molecule has 0 aromatic heterocycles. The number of cyclic esters (lactones) is 1. The number of carbonyl (C=O) groups is 1. The van der Waals surface area contributed by atoms with Crippen LogP contribution in [0.4, 0.5) is 0 Å². The number of carbonyl (C=O) groups excluding carboxylic acids is 1. The predicted molar refractivity (Wildman–Crippen MR) is 24.7 cm³/mol. The van der Waals surface area contributed by atoms with Crippen molar-refractivity contribution in [1.82, 2.24) is 0 Å². The SMILES string of the molecule is NC1OC(=O)C[C@H]1O. The van der Waals surface area contributed by atoms with Crippen LogP contribution in [-0.4, -0.2) is 23.4 Å². The molecule has 3 N–H and O–H groups in total. The minimum atomic E-state index is -0.803. The van der Waals surface area contributed by atoms with Crippen molar-refractivity contribution >= 4 is 5.97 Å². The average Bonchev–Trinajstić information content (AvgIpc) is 1.85. The first-order chi connectivity index (χ1) is 3.70. The van der Waals surface area contributed by atoms with E-state index in [9.17, 15) is 4.79 Å². The summed E-state index contributed by atoms with van der Waals surface area (Å²) in [6.07, 6.45) is -1.58. The van der Waals surface area contributed by atoms with Gasteiger partial charge < -0.3 is 9.84 Å². The van der Waals surface area contributed by atoms with Gasteiger partial charge in [-0.05, 0) is 0 Å². The Morgan fingerprint density at radius 3 is 2.62 bits per heavy atom. The van der Waals surface area contributed by atoms with E-state index >= 15 is 0 Å². The Morgan fingerprint density at radius 2 is 2.50 bits per heavy atom. The first kappa shape index (κ1) is 5.53. The van der Waals surface area contributed by atoms with Gasteiger partial charge in [0.05, 0.1) is 6.42 Å². The van der Waals surface area contributed by atoms with Crippen LogP contribution in [0.1, 0.15) is 6.42 Å². The zero-order valence-corrected chi connectivity index (χ0v) is 4.20. The average molecular weight is 117 g/mol. The maximum absolute atomic E-state index is 10.2. The molecule has 46 valence electrons. The molecule has 2 atom stereocenters. The third-order valence-electron chi connectivity index (χ3n) is 1.02. The predicted octanol–water partition coefficient (Wildman–Crippen LogP) is -1.42. The Labute approximate surface area is 46.2 Å². The van der Waals surface area contributed by atoms with Gasteiger partial charge in [0.2, 0.25) is 0 Å². The molecule has 0 saturated carbocycles. The molecule has 0 radical (unpaired) electrons. The summed E-state index contributed by atoms with van der Waals surface area (Å²) in [7, 11) is 0. The normalized spacial score (nSPS) is 37.5. The van der Waals surface area contributed by atoms with Crippen LogP contribution in [-0.2, 0) is 9.53 Å². The second-order valence-corrected chi connectivity index (χ2v) is 1.73. The molecular weight excluding hydrogens is 110 g/mol. The van der Waals surface area contributed by atoms with Crippen LogP contribution in [0.5, 0.6) is 0 Å². The standard InChI is InChI=1S/C4H7NO3/c5-4-2(6)1-3(7)8-4/h2,4,6H,1,5H2/t2-,4?/m1/s1. The van der Waals surface area contributed by atoms with E-state index in [4.69, 9.17) is 10.8 Å². The lowest BCUT2D eigenvalue weighted by molar-refractivity contribution is -0.141. The molecule has 1 heterocycles. The highest BCUT2D eigenvalue weighted by atomic mass is 16.6. The molecule has 8 heavy (non-hydrogen) atoms. The Hall–Kier alpha value is -0.610. The van der Waals surface area contributed by atoms with Gasteiger partial charge in [-0.3, -0.25) is 10.5 Å². The van der Waals surface area contributed by atoms with E-state index in [2.05, 4.69) is 4.74 Å².